The molecule has 0 saturated heterocycles. The van der Waals surface area contributed by atoms with Crippen LogP contribution in [0, 0.1) is 6.92 Å². The molecule has 0 radical (unpaired) electrons. The molecule has 7 heteroatoms. The monoisotopic (exact) mass is 438 g/mol. The molecule has 0 unspecified atom stereocenters. The van der Waals surface area contributed by atoms with Crippen molar-refractivity contribution in [2.45, 2.75) is 46.4 Å². The minimum Gasteiger partial charge on any atom is -0.486 e. The topological polar surface area (TPSA) is 60.9 Å². The van der Waals surface area contributed by atoms with Crippen molar-refractivity contribution in [1.29, 1.82) is 0 Å². The van der Waals surface area contributed by atoms with E-state index in [1.54, 1.807) is 29.5 Å². The predicted molar refractivity (Wildman–Crippen MR) is 120 cm³/mol. The second kappa shape index (κ2) is 9.39. The normalized spacial score (nSPS) is 13.1. The number of carbonyl (C=O) groups excluding carboxylic acids is 1. The quantitative estimate of drug-likeness (QED) is 0.484. The van der Waals surface area contributed by atoms with E-state index in [2.05, 4.69) is 13.8 Å². The van der Waals surface area contributed by atoms with Crippen LogP contribution in [0.5, 0.6) is 17.2 Å². The molecular weight excluding hydrogens is 412 g/mol. The number of carbonyl (C=O) groups is 1. The number of nitrogens with zero attached hydrogens (tertiary/aromatic N) is 2. The molecule has 2 heterocycles. The molecule has 1 amide bonds. The standard InChI is InChI=1S/C24H26N2O4S/c1-4-17(3)26(24(27)18-9-10-21-22(11-18)30-15-29-21)12-19-14-31-23(25-19)13-28-20-8-6-5-7-16(20)2/h5-11,14,17H,4,12-13,15H2,1-3H3/t17-/m1/s1. The molecule has 0 saturated carbocycles. The van der Waals surface area contributed by atoms with Crippen LogP contribution in [0.2, 0.25) is 0 Å². The summed E-state index contributed by atoms with van der Waals surface area (Å²) in [5, 5.41) is 2.89. The van der Waals surface area contributed by atoms with Crippen molar-refractivity contribution in [2.24, 2.45) is 0 Å². The predicted octanol–water partition coefficient (Wildman–Crippen LogP) is 5.20. The van der Waals surface area contributed by atoms with Crippen LogP contribution in [0.25, 0.3) is 0 Å². The number of hydrogen-bond donors (Lipinski definition) is 0. The lowest BCUT2D eigenvalue weighted by Crippen LogP contribution is -2.37. The zero-order valence-corrected chi connectivity index (χ0v) is 18.8. The molecule has 3 aromatic rings. The molecule has 0 fully saturated rings. The zero-order chi connectivity index (χ0) is 21.8. The average Bonchev–Trinajstić information content (AvgIpc) is 3.44. The maximum atomic E-state index is 13.3. The van der Waals surface area contributed by atoms with Crippen LogP contribution < -0.4 is 14.2 Å². The van der Waals surface area contributed by atoms with E-state index in [4.69, 9.17) is 19.2 Å². The Labute approximate surface area is 186 Å². The van der Waals surface area contributed by atoms with Crippen LogP contribution >= 0.6 is 11.3 Å². The molecule has 6 nitrogen and oxygen atoms in total. The molecule has 0 N–H and O–H groups in total. The summed E-state index contributed by atoms with van der Waals surface area (Å²) in [6, 6.07) is 13.3. The molecule has 31 heavy (non-hydrogen) atoms. The molecule has 1 atom stereocenters. The van der Waals surface area contributed by atoms with Crippen molar-refractivity contribution in [3.8, 4) is 17.2 Å². The van der Waals surface area contributed by atoms with E-state index < -0.39 is 0 Å². The molecule has 2 aromatic carbocycles. The van der Waals surface area contributed by atoms with Gasteiger partial charge >= 0.3 is 0 Å². The Hall–Kier alpha value is -3.06. The van der Waals surface area contributed by atoms with E-state index in [1.807, 2.05) is 41.5 Å². The maximum absolute atomic E-state index is 13.3. The van der Waals surface area contributed by atoms with E-state index in [0.717, 1.165) is 28.4 Å². The number of fused-ring (bicyclic) bond motifs is 1. The van der Waals surface area contributed by atoms with E-state index >= 15 is 0 Å². The number of amides is 1. The Morgan fingerprint density at radius 3 is 2.84 bits per heavy atom. The number of para-hydroxylation sites is 1. The van der Waals surface area contributed by atoms with Crippen LogP contribution in [0.1, 0.15) is 46.9 Å². The van der Waals surface area contributed by atoms with Gasteiger partial charge in [0.1, 0.15) is 17.4 Å². The first kappa shape index (κ1) is 21.2. The minimum absolute atomic E-state index is 0.0432. The van der Waals surface area contributed by atoms with Crippen LogP contribution in [0.15, 0.2) is 47.8 Å². The SMILES string of the molecule is CC[C@@H](C)N(Cc1csc(COc2ccccc2C)n1)C(=O)c1ccc2c(c1)OCO2. The molecule has 1 aliphatic rings. The van der Waals surface area contributed by atoms with Gasteiger partial charge in [-0.1, -0.05) is 25.1 Å². The highest BCUT2D eigenvalue weighted by Crippen LogP contribution is 2.33. The van der Waals surface area contributed by atoms with Crippen LogP contribution in [-0.2, 0) is 13.2 Å². The Kier molecular flexibility index (Phi) is 6.42. The summed E-state index contributed by atoms with van der Waals surface area (Å²) >= 11 is 1.55. The third-order valence-corrected chi connectivity index (χ3v) is 6.25. The summed E-state index contributed by atoms with van der Waals surface area (Å²) in [5.41, 5.74) is 2.54. The third kappa shape index (κ3) is 4.82. The number of aryl methyl sites for hydroxylation is 1. The fourth-order valence-electron chi connectivity index (χ4n) is 3.36. The average molecular weight is 439 g/mol. The van der Waals surface area contributed by atoms with Crippen molar-refractivity contribution < 1.29 is 19.0 Å². The lowest BCUT2D eigenvalue weighted by atomic mass is 10.1. The van der Waals surface area contributed by atoms with Crippen molar-refractivity contribution >= 4 is 17.2 Å². The van der Waals surface area contributed by atoms with Gasteiger partial charge in [0.25, 0.3) is 5.91 Å². The largest absolute Gasteiger partial charge is 0.486 e. The van der Waals surface area contributed by atoms with Gasteiger partial charge in [-0.25, -0.2) is 4.98 Å². The van der Waals surface area contributed by atoms with Crippen molar-refractivity contribution in [3.63, 3.8) is 0 Å². The summed E-state index contributed by atoms with van der Waals surface area (Å²) in [5.74, 6) is 2.10. The van der Waals surface area contributed by atoms with Crippen LogP contribution in [0.3, 0.4) is 0 Å². The van der Waals surface area contributed by atoms with Gasteiger partial charge in [0.2, 0.25) is 6.79 Å². The number of rotatable bonds is 8. The van der Waals surface area contributed by atoms with E-state index in [9.17, 15) is 4.79 Å². The van der Waals surface area contributed by atoms with Crippen LogP contribution in [0.4, 0.5) is 0 Å². The van der Waals surface area contributed by atoms with Gasteiger partial charge in [-0.3, -0.25) is 4.79 Å². The number of aromatic nitrogens is 1. The van der Waals surface area contributed by atoms with Crippen molar-refractivity contribution in [3.05, 3.63) is 69.7 Å². The molecule has 1 aromatic heterocycles. The van der Waals surface area contributed by atoms with E-state index in [1.165, 1.54) is 0 Å². The summed E-state index contributed by atoms with van der Waals surface area (Å²) in [4.78, 5) is 19.8. The summed E-state index contributed by atoms with van der Waals surface area (Å²) in [6.07, 6.45) is 0.851. The Bertz CT molecular complexity index is 1070. The smallest absolute Gasteiger partial charge is 0.254 e. The first-order valence-corrected chi connectivity index (χ1v) is 11.3. The van der Waals surface area contributed by atoms with Gasteiger partial charge in [-0.05, 0) is 50.1 Å². The highest BCUT2D eigenvalue weighted by Gasteiger charge is 2.24. The van der Waals surface area contributed by atoms with Gasteiger partial charge in [-0.15, -0.1) is 11.3 Å². The van der Waals surface area contributed by atoms with Crippen molar-refractivity contribution in [1.82, 2.24) is 9.88 Å². The Balaban J connectivity index is 1.46. The van der Waals surface area contributed by atoms with Gasteiger partial charge in [0, 0.05) is 17.0 Å². The summed E-state index contributed by atoms with van der Waals surface area (Å²) in [6.45, 7) is 7.20. The molecule has 0 bridgehead atoms. The first-order chi connectivity index (χ1) is 15.0. The fourth-order valence-corrected chi connectivity index (χ4v) is 4.06. The minimum atomic E-state index is -0.0432. The van der Waals surface area contributed by atoms with Crippen LogP contribution in [-0.4, -0.2) is 28.6 Å². The Morgan fingerprint density at radius 1 is 1.23 bits per heavy atom. The number of hydrogen-bond acceptors (Lipinski definition) is 6. The lowest BCUT2D eigenvalue weighted by Gasteiger charge is -2.28. The number of thiazole rings is 1. The molecule has 0 spiro atoms. The summed E-state index contributed by atoms with van der Waals surface area (Å²) < 4.78 is 16.7. The number of benzene rings is 2. The highest BCUT2D eigenvalue weighted by molar-refractivity contribution is 7.09. The molecule has 1 aliphatic heterocycles. The fraction of sp³-hybridized carbons (Fsp3) is 0.333. The van der Waals surface area contributed by atoms with E-state index in [-0.39, 0.29) is 18.7 Å². The zero-order valence-electron chi connectivity index (χ0n) is 18.0. The first-order valence-electron chi connectivity index (χ1n) is 10.4. The number of ether oxygens (including phenoxy) is 3. The van der Waals surface area contributed by atoms with E-state index in [0.29, 0.717) is 30.2 Å². The van der Waals surface area contributed by atoms with Crippen molar-refractivity contribution in [2.75, 3.05) is 6.79 Å². The van der Waals surface area contributed by atoms with Gasteiger partial charge < -0.3 is 19.1 Å². The van der Waals surface area contributed by atoms with Gasteiger partial charge in [0.05, 0.1) is 12.2 Å². The highest BCUT2D eigenvalue weighted by atomic mass is 32.1. The maximum Gasteiger partial charge on any atom is 0.254 e. The van der Waals surface area contributed by atoms with Gasteiger partial charge in [-0.2, -0.15) is 0 Å². The third-order valence-electron chi connectivity index (χ3n) is 5.38. The molecule has 4 rings (SSSR count). The van der Waals surface area contributed by atoms with Gasteiger partial charge in [0.15, 0.2) is 11.5 Å². The summed E-state index contributed by atoms with van der Waals surface area (Å²) in [7, 11) is 0. The second-order valence-electron chi connectivity index (χ2n) is 7.55. The Morgan fingerprint density at radius 2 is 2.03 bits per heavy atom. The molecule has 0 aliphatic carbocycles. The second-order valence-corrected chi connectivity index (χ2v) is 8.49. The molecule has 162 valence electrons. The lowest BCUT2D eigenvalue weighted by molar-refractivity contribution is 0.0668. The molecular formula is C24H26N2O4S.